The van der Waals surface area contributed by atoms with Crippen molar-refractivity contribution in [3.63, 3.8) is 0 Å². The molecule has 5 heteroatoms. The van der Waals surface area contributed by atoms with Gasteiger partial charge in [0, 0.05) is 11.4 Å². The molecule has 2 aromatic carbocycles. The summed E-state index contributed by atoms with van der Waals surface area (Å²) < 4.78 is 10.8. The summed E-state index contributed by atoms with van der Waals surface area (Å²) >= 11 is 5.88. The second kappa shape index (κ2) is 14.6. The Balaban J connectivity index is 1.73. The average Bonchev–Trinajstić information content (AvgIpc) is 2.79. The highest BCUT2D eigenvalue weighted by atomic mass is 35.5. The molecule has 0 heterocycles. The number of halogens is 1. The molecule has 0 aliphatic heterocycles. The van der Waals surface area contributed by atoms with Crippen LogP contribution in [0.4, 0.5) is 0 Å². The summed E-state index contributed by atoms with van der Waals surface area (Å²) in [6.45, 7) is 2.81. The monoisotopic (exact) mass is 444 g/mol. The van der Waals surface area contributed by atoms with Crippen LogP contribution in [0, 0.1) is 0 Å². The van der Waals surface area contributed by atoms with E-state index in [1.807, 2.05) is 12.1 Å². The van der Waals surface area contributed by atoms with Gasteiger partial charge in [0.05, 0.1) is 24.3 Å². The first-order chi connectivity index (χ1) is 15.1. The van der Waals surface area contributed by atoms with Crippen molar-refractivity contribution in [2.45, 2.75) is 64.7 Å². The second-order valence-electron chi connectivity index (χ2n) is 7.67. The molecule has 0 spiro atoms. The first-order valence-corrected chi connectivity index (χ1v) is 11.7. The number of unbranched alkanes of at least 4 members (excludes halogenated alkanes) is 7. The lowest BCUT2D eigenvalue weighted by molar-refractivity contribution is 0.0455. The van der Waals surface area contributed by atoms with E-state index in [-0.39, 0.29) is 17.7 Å². The van der Waals surface area contributed by atoms with Gasteiger partial charge in [-0.25, -0.2) is 9.59 Å². The van der Waals surface area contributed by atoms with Crippen molar-refractivity contribution in [2.75, 3.05) is 13.2 Å². The number of carbonyl (C=O) groups is 2. The molecule has 0 radical (unpaired) electrons. The highest BCUT2D eigenvalue weighted by Gasteiger charge is 2.18. The zero-order chi connectivity index (χ0) is 22.3. The summed E-state index contributed by atoms with van der Waals surface area (Å²) in [6, 6.07) is 14.0. The molecule has 0 atom stereocenters. The van der Waals surface area contributed by atoms with Crippen LogP contribution in [-0.2, 0) is 15.9 Å². The molecule has 0 N–H and O–H groups in total. The zero-order valence-corrected chi connectivity index (χ0v) is 19.2. The number of hydrogen-bond acceptors (Lipinski definition) is 4. The summed E-state index contributed by atoms with van der Waals surface area (Å²) in [6.07, 6.45) is 10.0. The molecule has 0 aromatic heterocycles. The fourth-order valence-electron chi connectivity index (χ4n) is 3.31. The van der Waals surface area contributed by atoms with Crippen molar-refractivity contribution in [1.82, 2.24) is 0 Å². The maximum atomic E-state index is 12.5. The van der Waals surface area contributed by atoms with Gasteiger partial charge in [0.1, 0.15) is 0 Å². The van der Waals surface area contributed by atoms with Crippen LogP contribution in [0.25, 0.3) is 0 Å². The Hall–Kier alpha value is -2.33. The minimum absolute atomic E-state index is 0.224. The fourth-order valence-corrected chi connectivity index (χ4v) is 3.43. The summed E-state index contributed by atoms with van der Waals surface area (Å²) in [5.41, 5.74) is 1.51. The lowest BCUT2D eigenvalue weighted by atomic mass is 10.1. The Morgan fingerprint density at radius 1 is 0.710 bits per heavy atom. The van der Waals surface area contributed by atoms with Crippen molar-refractivity contribution in [1.29, 1.82) is 0 Å². The van der Waals surface area contributed by atoms with Gasteiger partial charge in [-0.3, -0.25) is 0 Å². The Morgan fingerprint density at radius 3 is 1.81 bits per heavy atom. The van der Waals surface area contributed by atoms with Gasteiger partial charge in [-0.05, 0) is 36.2 Å². The van der Waals surface area contributed by atoms with Crippen LogP contribution in [0.3, 0.4) is 0 Å². The molecule has 2 aromatic rings. The minimum atomic E-state index is -0.520. The quantitative estimate of drug-likeness (QED) is 0.231. The minimum Gasteiger partial charge on any atom is -0.462 e. The van der Waals surface area contributed by atoms with Gasteiger partial charge in [-0.2, -0.15) is 0 Å². The van der Waals surface area contributed by atoms with E-state index in [1.165, 1.54) is 32.1 Å². The lowest BCUT2D eigenvalue weighted by Gasteiger charge is -2.10. The van der Waals surface area contributed by atoms with Crippen LogP contribution >= 0.6 is 11.6 Å². The van der Waals surface area contributed by atoms with Gasteiger partial charge in [0.25, 0.3) is 0 Å². The summed E-state index contributed by atoms with van der Waals surface area (Å²) in [5.74, 6) is -0.998. The molecule has 2 rings (SSSR count). The molecule has 0 aliphatic rings. The van der Waals surface area contributed by atoms with E-state index < -0.39 is 11.9 Å². The molecule has 0 fully saturated rings. The topological polar surface area (TPSA) is 52.6 Å². The zero-order valence-electron chi connectivity index (χ0n) is 18.4. The first kappa shape index (κ1) is 24.9. The van der Waals surface area contributed by atoms with E-state index in [9.17, 15) is 9.59 Å². The third-order valence-corrected chi connectivity index (χ3v) is 5.39. The molecule has 0 unspecified atom stereocenters. The van der Waals surface area contributed by atoms with E-state index in [0.717, 1.165) is 24.8 Å². The van der Waals surface area contributed by atoms with Gasteiger partial charge in [0.2, 0.25) is 0 Å². The van der Waals surface area contributed by atoms with Crippen molar-refractivity contribution < 1.29 is 19.1 Å². The van der Waals surface area contributed by atoms with Gasteiger partial charge < -0.3 is 9.47 Å². The van der Waals surface area contributed by atoms with E-state index in [2.05, 4.69) is 6.92 Å². The summed E-state index contributed by atoms with van der Waals surface area (Å²) in [4.78, 5) is 24.9. The predicted molar refractivity (Wildman–Crippen MR) is 125 cm³/mol. The fraction of sp³-hybridized carbons (Fsp3) is 0.462. The molecule has 0 saturated heterocycles. The maximum Gasteiger partial charge on any atom is 0.339 e. The van der Waals surface area contributed by atoms with Crippen molar-refractivity contribution in [3.8, 4) is 0 Å². The number of hydrogen-bond donors (Lipinski definition) is 0. The van der Waals surface area contributed by atoms with E-state index in [0.29, 0.717) is 18.1 Å². The molecule has 0 amide bonds. The molecule has 4 nitrogen and oxygen atoms in total. The van der Waals surface area contributed by atoms with Gasteiger partial charge in [-0.1, -0.05) is 87.7 Å². The molecule has 0 bridgehead atoms. The van der Waals surface area contributed by atoms with Crippen LogP contribution in [-0.4, -0.2) is 25.2 Å². The van der Waals surface area contributed by atoms with Crippen molar-refractivity contribution in [2.24, 2.45) is 0 Å². The number of benzene rings is 2. The highest BCUT2D eigenvalue weighted by molar-refractivity contribution is 6.30. The van der Waals surface area contributed by atoms with E-state index in [1.54, 1.807) is 36.4 Å². The molecular weight excluding hydrogens is 412 g/mol. The Morgan fingerprint density at radius 2 is 1.23 bits per heavy atom. The Labute approximate surface area is 190 Å². The second-order valence-corrected chi connectivity index (χ2v) is 8.11. The van der Waals surface area contributed by atoms with Crippen LogP contribution < -0.4 is 0 Å². The van der Waals surface area contributed by atoms with E-state index in [4.69, 9.17) is 21.1 Å². The highest BCUT2D eigenvalue weighted by Crippen LogP contribution is 2.14. The van der Waals surface area contributed by atoms with Crippen LogP contribution in [0.1, 0.15) is 84.6 Å². The van der Waals surface area contributed by atoms with Crippen LogP contribution in [0.15, 0.2) is 48.5 Å². The Kier molecular flexibility index (Phi) is 11.8. The third-order valence-electron chi connectivity index (χ3n) is 5.14. The SMILES string of the molecule is CCCCCCCCCCOC(=O)c1ccccc1C(=O)OCCc1ccc(Cl)cc1. The van der Waals surface area contributed by atoms with Crippen LogP contribution in [0.2, 0.25) is 5.02 Å². The largest absolute Gasteiger partial charge is 0.462 e. The predicted octanol–water partition coefficient (Wildman–Crippen LogP) is 7.04. The molecule has 0 saturated carbocycles. The Bertz CT molecular complexity index is 801. The third kappa shape index (κ3) is 9.56. The smallest absolute Gasteiger partial charge is 0.339 e. The number of carbonyl (C=O) groups excluding carboxylic acids is 2. The summed E-state index contributed by atoms with van der Waals surface area (Å²) in [5, 5.41) is 0.667. The molecule has 168 valence electrons. The molecular formula is C26H33ClO4. The van der Waals surface area contributed by atoms with Crippen molar-refractivity contribution >= 4 is 23.5 Å². The number of ether oxygens (including phenoxy) is 2. The van der Waals surface area contributed by atoms with Crippen molar-refractivity contribution in [3.05, 3.63) is 70.2 Å². The molecule has 31 heavy (non-hydrogen) atoms. The molecule has 0 aliphatic carbocycles. The maximum absolute atomic E-state index is 12.5. The van der Waals surface area contributed by atoms with E-state index >= 15 is 0 Å². The standard InChI is InChI=1S/C26H33ClO4/c1-2-3-4-5-6-7-8-11-19-30-25(28)23-12-9-10-13-24(23)26(29)31-20-18-21-14-16-22(27)17-15-21/h9-10,12-17H,2-8,11,18-20H2,1H3. The number of esters is 2. The number of rotatable bonds is 14. The lowest BCUT2D eigenvalue weighted by Crippen LogP contribution is -2.15. The van der Waals surface area contributed by atoms with Gasteiger partial charge >= 0.3 is 11.9 Å². The van der Waals surface area contributed by atoms with Gasteiger partial charge in [-0.15, -0.1) is 0 Å². The van der Waals surface area contributed by atoms with Crippen LogP contribution in [0.5, 0.6) is 0 Å². The first-order valence-electron chi connectivity index (χ1n) is 11.3. The average molecular weight is 445 g/mol. The van der Waals surface area contributed by atoms with Gasteiger partial charge in [0.15, 0.2) is 0 Å². The normalized spacial score (nSPS) is 10.6. The summed E-state index contributed by atoms with van der Waals surface area (Å²) in [7, 11) is 0.